The zero-order valence-corrected chi connectivity index (χ0v) is 15.0. The number of hydrogen-bond donors (Lipinski definition) is 1. The van der Waals surface area contributed by atoms with Gasteiger partial charge in [-0.2, -0.15) is 0 Å². The monoisotopic (exact) mass is 362 g/mol. The van der Waals surface area contributed by atoms with E-state index in [0.717, 1.165) is 39.5 Å². The van der Waals surface area contributed by atoms with Gasteiger partial charge in [-0.15, -0.1) is 0 Å². The Balaban J connectivity index is 1.24. The molecule has 0 bridgehead atoms. The number of anilines is 1. The molecule has 0 atom stereocenters. The van der Waals surface area contributed by atoms with Crippen molar-refractivity contribution in [2.75, 3.05) is 5.32 Å². The molecule has 0 saturated heterocycles. The number of pyridine rings is 2. The lowest BCUT2D eigenvalue weighted by atomic mass is 9.86. The lowest BCUT2D eigenvalue weighted by Gasteiger charge is -2.37. The van der Waals surface area contributed by atoms with Crippen molar-refractivity contribution in [3.63, 3.8) is 0 Å². The molecule has 4 aromatic rings. The second-order valence-corrected chi connectivity index (χ2v) is 8.25. The molecule has 6 nitrogen and oxygen atoms in total. The number of fused-ring (bicyclic) bond motifs is 2. The van der Waals surface area contributed by atoms with Crippen molar-refractivity contribution < 1.29 is 0 Å². The minimum atomic E-state index is 0.453. The molecule has 6 rings (SSSR count). The first-order valence-electron chi connectivity index (χ1n) is 9.16. The van der Waals surface area contributed by atoms with E-state index < -0.39 is 0 Å². The van der Waals surface area contributed by atoms with E-state index in [4.69, 9.17) is 4.98 Å². The zero-order valence-electron chi connectivity index (χ0n) is 14.2. The number of thiazole rings is 1. The molecule has 0 unspecified atom stereocenters. The second-order valence-electron chi connectivity index (χ2n) is 7.27. The Morgan fingerprint density at radius 3 is 2.62 bits per heavy atom. The van der Waals surface area contributed by atoms with Gasteiger partial charge in [0.1, 0.15) is 21.7 Å². The van der Waals surface area contributed by atoms with Crippen molar-refractivity contribution in [3.05, 3.63) is 42.5 Å². The highest BCUT2D eigenvalue weighted by Gasteiger charge is 2.37. The van der Waals surface area contributed by atoms with E-state index in [0.29, 0.717) is 18.0 Å². The summed E-state index contributed by atoms with van der Waals surface area (Å²) >= 11 is 1.63. The third-order valence-electron chi connectivity index (χ3n) is 5.39. The number of nitrogens with zero attached hydrogens (tertiary/aromatic N) is 5. The summed E-state index contributed by atoms with van der Waals surface area (Å²) in [5.74, 6) is 1.87. The van der Waals surface area contributed by atoms with Gasteiger partial charge in [0.15, 0.2) is 10.8 Å². The van der Waals surface area contributed by atoms with Gasteiger partial charge in [-0.3, -0.25) is 0 Å². The molecular formula is C19H18N6S. The minimum Gasteiger partial charge on any atom is -0.359 e. The van der Waals surface area contributed by atoms with Crippen molar-refractivity contribution in [2.45, 2.75) is 43.7 Å². The Morgan fingerprint density at radius 1 is 1.00 bits per heavy atom. The molecule has 7 heteroatoms. The Hall–Kier alpha value is -2.54. The average molecular weight is 362 g/mol. The number of nitrogens with one attached hydrogen (secondary N) is 1. The summed E-state index contributed by atoms with van der Waals surface area (Å²) in [7, 11) is 0. The highest BCUT2D eigenvalue weighted by atomic mass is 32.1. The zero-order chi connectivity index (χ0) is 17.1. The molecule has 0 aliphatic heterocycles. The average Bonchev–Trinajstić information content (AvgIpc) is 3.28. The van der Waals surface area contributed by atoms with Crippen molar-refractivity contribution in [2.24, 2.45) is 0 Å². The summed E-state index contributed by atoms with van der Waals surface area (Å²) in [5, 5.41) is 4.56. The van der Waals surface area contributed by atoms with Crippen LogP contribution in [0.5, 0.6) is 0 Å². The van der Waals surface area contributed by atoms with Gasteiger partial charge in [0, 0.05) is 30.4 Å². The maximum atomic E-state index is 4.88. The highest BCUT2D eigenvalue weighted by Crippen LogP contribution is 2.45. The molecule has 4 aromatic heterocycles. The fraction of sp³-hybridized carbons (Fsp3) is 0.368. The summed E-state index contributed by atoms with van der Waals surface area (Å²) in [6.07, 6.45) is 8.39. The van der Waals surface area contributed by atoms with Crippen molar-refractivity contribution >= 4 is 38.0 Å². The lowest BCUT2D eigenvalue weighted by Crippen LogP contribution is -2.37. The number of hydrogen-bond acceptors (Lipinski definition) is 6. The van der Waals surface area contributed by atoms with Crippen LogP contribution in [-0.2, 0) is 0 Å². The molecule has 0 spiro atoms. The first-order valence-corrected chi connectivity index (χ1v) is 9.98. The van der Waals surface area contributed by atoms with Crippen LogP contribution in [0.2, 0.25) is 0 Å². The van der Waals surface area contributed by atoms with Crippen LogP contribution < -0.4 is 5.32 Å². The van der Waals surface area contributed by atoms with Crippen LogP contribution in [0.15, 0.2) is 36.7 Å². The van der Waals surface area contributed by atoms with Gasteiger partial charge in [0.2, 0.25) is 0 Å². The van der Waals surface area contributed by atoms with Crippen LogP contribution in [0.1, 0.15) is 43.5 Å². The van der Waals surface area contributed by atoms with Gasteiger partial charge < -0.3 is 9.88 Å². The standard InChI is InChI=1S/C19H18N6S/c1-3-14-17(20-7-1)25(16(23-14)11-5-6-11)13-9-12(10-13)22-19-24-15-4-2-8-21-18(15)26-19/h1-4,7-8,11-13H,5-6,9-10H2,(H,22,24)/t12-,13-. The molecule has 4 heterocycles. The number of aromatic nitrogens is 5. The Kier molecular flexibility index (Phi) is 3.08. The van der Waals surface area contributed by atoms with Gasteiger partial charge in [-0.25, -0.2) is 19.9 Å². The molecular weight excluding hydrogens is 344 g/mol. The summed E-state index contributed by atoms with van der Waals surface area (Å²) in [5.41, 5.74) is 3.04. The van der Waals surface area contributed by atoms with Crippen molar-refractivity contribution in [1.29, 1.82) is 0 Å². The van der Waals surface area contributed by atoms with E-state index in [1.165, 1.54) is 18.7 Å². The fourth-order valence-electron chi connectivity index (χ4n) is 3.86. The maximum absolute atomic E-state index is 4.88. The molecule has 0 amide bonds. The summed E-state index contributed by atoms with van der Waals surface area (Å²) in [6, 6.07) is 8.93. The highest BCUT2D eigenvalue weighted by molar-refractivity contribution is 7.21. The topological polar surface area (TPSA) is 68.5 Å². The molecule has 1 N–H and O–H groups in total. The van der Waals surface area contributed by atoms with Gasteiger partial charge in [-0.05, 0) is 49.9 Å². The van der Waals surface area contributed by atoms with Crippen molar-refractivity contribution in [3.8, 4) is 0 Å². The Morgan fingerprint density at radius 2 is 1.81 bits per heavy atom. The van der Waals surface area contributed by atoms with E-state index in [-0.39, 0.29) is 0 Å². The van der Waals surface area contributed by atoms with E-state index in [2.05, 4.69) is 30.9 Å². The molecule has 0 aromatic carbocycles. The fourth-order valence-corrected chi connectivity index (χ4v) is 4.74. The van der Waals surface area contributed by atoms with Gasteiger partial charge in [-0.1, -0.05) is 11.3 Å². The van der Waals surface area contributed by atoms with E-state index in [1.54, 1.807) is 11.3 Å². The predicted molar refractivity (Wildman–Crippen MR) is 103 cm³/mol. The Bertz CT molecular complexity index is 1070. The first-order chi connectivity index (χ1) is 12.8. The predicted octanol–water partition coefficient (Wildman–Crippen LogP) is 4.13. The van der Waals surface area contributed by atoms with Gasteiger partial charge in [0.25, 0.3) is 0 Å². The smallest absolute Gasteiger partial charge is 0.185 e. The quantitative estimate of drug-likeness (QED) is 0.591. The normalized spacial score (nSPS) is 22.6. The molecule has 2 aliphatic carbocycles. The molecule has 130 valence electrons. The molecule has 2 fully saturated rings. The Labute approximate surface area is 154 Å². The van der Waals surface area contributed by atoms with Gasteiger partial charge in [0.05, 0.1) is 0 Å². The molecule has 2 saturated carbocycles. The third kappa shape index (κ3) is 2.30. The summed E-state index contributed by atoms with van der Waals surface area (Å²) in [4.78, 5) is 19.5. The number of rotatable bonds is 4. The SMILES string of the molecule is c1cnc2sc(N[C@H]3C[C@H](n4c(C5CC5)nc5cccnc54)C3)nc2c1. The lowest BCUT2D eigenvalue weighted by molar-refractivity contribution is 0.281. The molecule has 2 aliphatic rings. The second kappa shape index (κ2) is 5.48. The van der Waals surface area contributed by atoms with E-state index >= 15 is 0 Å². The van der Waals surface area contributed by atoms with Crippen LogP contribution in [-0.4, -0.2) is 30.5 Å². The van der Waals surface area contributed by atoms with Crippen LogP contribution >= 0.6 is 11.3 Å². The largest absolute Gasteiger partial charge is 0.359 e. The number of imidazole rings is 1. The maximum Gasteiger partial charge on any atom is 0.185 e. The third-order valence-corrected chi connectivity index (χ3v) is 6.30. The molecule has 26 heavy (non-hydrogen) atoms. The van der Waals surface area contributed by atoms with Crippen molar-refractivity contribution in [1.82, 2.24) is 24.5 Å². The van der Waals surface area contributed by atoms with Crippen LogP contribution in [0.4, 0.5) is 5.13 Å². The van der Waals surface area contributed by atoms with E-state index in [9.17, 15) is 0 Å². The summed E-state index contributed by atoms with van der Waals surface area (Å²) in [6.45, 7) is 0. The summed E-state index contributed by atoms with van der Waals surface area (Å²) < 4.78 is 2.41. The van der Waals surface area contributed by atoms with E-state index in [1.807, 2.05) is 30.6 Å². The van der Waals surface area contributed by atoms with Crippen LogP contribution in [0, 0.1) is 0 Å². The molecule has 0 radical (unpaired) electrons. The van der Waals surface area contributed by atoms with Crippen LogP contribution in [0.3, 0.4) is 0 Å². The van der Waals surface area contributed by atoms with Gasteiger partial charge >= 0.3 is 0 Å². The first kappa shape index (κ1) is 14.6. The minimum absolute atomic E-state index is 0.453. The van der Waals surface area contributed by atoms with Crippen LogP contribution in [0.25, 0.3) is 21.5 Å².